The van der Waals surface area contributed by atoms with Crippen LogP contribution in [0.1, 0.15) is 18.1 Å². The van der Waals surface area contributed by atoms with Gasteiger partial charge < -0.3 is 0 Å². The molecule has 1 nitrogen and oxygen atoms in total. The van der Waals surface area contributed by atoms with Crippen LogP contribution in [0.5, 0.6) is 0 Å². The molecule has 3 rings (SSSR count). The van der Waals surface area contributed by atoms with Crippen molar-refractivity contribution < 1.29 is 4.57 Å². The van der Waals surface area contributed by atoms with Crippen molar-refractivity contribution in [2.45, 2.75) is 20.3 Å². The molecule has 0 aliphatic carbocycles. The van der Waals surface area contributed by atoms with Gasteiger partial charge in [0.05, 0.1) is 0 Å². The Hall–Kier alpha value is -2.41. The molecule has 110 valence electrons. The predicted molar refractivity (Wildman–Crippen MR) is 92.6 cm³/mol. The van der Waals surface area contributed by atoms with E-state index in [1.165, 1.54) is 33.5 Å². The summed E-state index contributed by atoms with van der Waals surface area (Å²) < 4.78 is 2.24. The van der Waals surface area contributed by atoms with Gasteiger partial charge in [-0.25, -0.2) is 4.57 Å². The normalized spacial score (nSPS) is 10.7. The van der Waals surface area contributed by atoms with E-state index in [1.807, 2.05) is 0 Å². The van der Waals surface area contributed by atoms with Crippen LogP contribution >= 0.6 is 0 Å². The molecule has 3 aromatic rings. The van der Waals surface area contributed by atoms with E-state index in [0.717, 1.165) is 6.42 Å². The van der Waals surface area contributed by atoms with E-state index in [1.54, 1.807) is 0 Å². The monoisotopic (exact) mass is 288 g/mol. The maximum Gasteiger partial charge on any atom is 0.212 e. The summed E-state index contributed by atoms with van der Waals surface area (Å²) in [6.07, 6.45) is 3.29. The number of aromatic nitrogens is 1. The average Bonchev–Trinajstić information content (AvgIpc) is 2.56. The number of hydrogen-bond acceptors (Lipinski definition) is 0. The third kappa shape index (κ3) is 2.67. The number of rotatable bonds is 3. The van der Waals surface area contributed by atoms with Crippen LogP contribution in [0.25, 0.3) is 22.4 Å². The van der Waals surface area contributed by atoms with Gasteiger partial charge in [0.1, 0.15) is 7.05 Å². The van der Waals surface area contributed by atoms with Gasteiger partial charge in [-0.2, -0.15) is 0 Å². The predicted octanol–water partition coefficient (Wildman–Crippen LogP) is 4.72. The minimum Gasteiger partial charge on any atom is -0.200 e. The molecule has 1 heteroatoms. The van der Waals surface area contributed by atoms with Gasteiger partial charge in [0, 0.05) is 17.2 Å². The molecule has 0 saturated carbocycles. The van der Waals surface area contributed by atoms with Gasteiger partial charge in [-0.1, -0.05) is 55.5 Å². The number of benzene rings is 2. The van der Waals surface area contributed by atoms with Crippen LogP contribution < -0.4 is 4.57 Å². The van der Waals surface area contributed by atoms with E-state index in [4.69, 9.17) is 0 Å². The van der Waals surface area contributed by atoms with Gasteiger partial charge in [0.2, 0.25) is 5.69 Å². The molecule has 0 aliphatic heterocycles. The molecular weight excluding hydrogens is 266 g/mol. The van der Waals surface area contributed by atoms with Gasteiger partial charge in [0.25, 0.3) is 0 Å². The van der Waals surface area contributed by atoms with Crippen LogP contribution in [-0.4, -0.2) is 0 Å². The molecule has 0 atom stereocenters. The molecule has 0 radical (unpaired) electrons. The minimum absolute atomic E-state index is 1.03. The topological polar surface area (TPSA) is 3.88 Å². The van der Waals surface area contributed by atoms with Gasteiger partial charge >= 0.3 is 0 Å². The van der Waals surface area contributed by atoms with E-state index in [2.05, 4.69) is 92.3 Å². The maximum absolute atomic E-state index is 2.34. The molecule has 1 heterocycles. The smallest absolute Gasteiger partial charge is 0.200 e. The first-order valence-electron chi connectivity index (χ1n) is 7.84. The lowest BCUT2D eigenvalue weighted by Crippen LogP contribution is -2.31. The van der Waals surface area contributed by atoms with Crippen molar-refractivity contribution >= 4 is 0 Å². The lowest BCUT2D eigenvalue weighted by molar-refractivity contribution is -0.660. The van der Waals surface area contributed by atoms with E-state index < -0.39 is 0 Å². The van der Waals surface area contributed by atoms with Gasteiger partial charge in [-0.15, -0.1) is 0 Å². The third-order valence-electron chi connectivity index (χ3n) is 4.25. The first-order chi connectivity index (χ1) is 10.7. The van der Waals surface area contributed by atoms with Crippen molar-refractivity contribution in [3.63, 3.8) is 0 Å². The molecular formula is C21H22N+. The van der Waals surface area contributed by atoms with E-state index >= 15 is 0 Å². The van der Waals surface area contributed by atoms with Crippen LogP contribution in [0.3, 0.4) is 0 Å². The highest BCUT2D eigenvalue weighted by Crippen LogP contribution is 2.27. The Morgan fingerprint density at radius 1 is 0.864 bits per heavy atom. The average molecular weight is 288 g/mol. The summed E-state index contributed by atoms with van der Waals surface area (Å²) in [6.45, 7) is 4.40. The number of hydrogen-bond donors (Lipinski definition) is 0. The molecule has 0 saturated heterocycles. The molecule has 1 aromatic heterocycles. The second-order valence-electron chi connectivity index (χ2n) is 5.74. The van der Waals surface area contributed by atoms with Crippen LogP contribution in [0.4, 0.5) is 0 Å². The summed E-state index contributed by atoms with van der Waals surface area (Å²) >= 11 is 0. The van der Waals surface area contributed by atoms with Crippen LogP contribution in [0, 0.1) is 6.92 Å². The summed E-state index contributed by atoms with van der Waals surface area (Å²) in [5.41, 5.74) is 7.89. The quantitative estimate of drug-likeness (QED) is 0.614. The zero-order valence-corrected chi connectivity index (χ0v) is 13.5. The fraction of sp³-hybridized carbons (Fsp3) is 0.190. The van der Waals surface area contributed by atoms with Crippen molar-refractivity contribution in [1.82, 2.24) is 0 Å². The maximum atomic E-state index is 2.34. The zero-order chi connectivity index (χ0) is 15.5. The Morgan fingerprint density at radius 2 is 1.55 bits per heavy atom. The van der Waals surface area contributed by atoms with Crippen LogP contribution in [0.2, 0.25) is 0 Å². The third-order valence-corrected chi connectivity index (χ3v) is 4.25. The molecule has 0 spiro atoms. The highest BCUT2D eigenvalue weighted by Gasteiger charge is 2.17. The van der Waals surface area contributed by atoms with Gasteiger partial charge in [-0.3, -0.25) is 0 Å². The standard InChI is InChI=1S/C21H22N/c1-4-17-14-21(19-13-9-8-10-16(19)2)22(3)15-20(17)18-11-6-5-7-12-18/h5-15H,4H2,1-3H3/q+1. The summed E-state index contributed by atoms with van der Waals surface area (Å²) in [6, 6.07) is 21.6. The van der Waals surface area contributed by atoms with Crippen molar-refractivity contribution in [3.05, 3.63) is 78.0 Å². The molecule has 2 aromatic carbocycles. The van der Waals surface area contributed by atoms with Crippen molar-refractivity contribution in [2.24, 2.45) is 7.05 Å². The van der Waals surface area contributed by atoms with E-state index in [0.29, 0.717) is 0 Å². The van der Waals surface area contributed by atoms with Crippen molar-refractivity contribution in [1.29, 1.82) is 0 Å². The molecule has 22 heavy (non-hydrogen) atoms. The zero-order valence-electron chi connectivity index (χ0n) is 13.5. The molecule has 0 amide bonds. The Bertz CT molecular complexity index is 788. The Morgan fingerprint density at radius 3 is 2.23 bits per heavy atom. The number of aryl methyl sites for hydroxylation is 3. The summed E-state index contributed by atoms with van der Waals surface area (Å²) in [5, 5.41) is 0. The molecule has 0 aliphatic rings. The largest absolute Gasteiger partial charge is 0.212 e. The lowest BCUT2D eigenvalue weighted by atomic mass is 9.96. The minimum atomic E-state index is 1.03. The molecule has 0 bridgehead atoms. The van der Waals surface area contributed by atoms with Crippen molar-refractivity contribution in [3.8, 4) is 22.4 Å². The Balaban J connectivity index is 2.19. The summed E-state index contributed by atoms with van der Waals surface area (Å²) in [4.78, 5) is 0. The van der Waals surface area contributed by atoms with Gasteiger partial charge in [-0.05, 0) is 36.1 Å². The van der Waals surface area contributed by atoms with E-state index in [-0.39, 0.29) is 0 Å². The fourth-order valence-corrected chi connectivity index (χ4v) is 2.99. The highest BCUT2D eigenvalue weighted by molar-refractivity contribution is 5.69. The Kier molecular flexibility index (Phi) is 4.06. The SMILES string of the molecule is CCc1cc(-c2ccccc2C)[n+](C)cc1-c1ccccc1. The van der Waals surface area contributed by atoms with Crippen molar-refractivity contribution in [2.75, 3.05) is 0 Å². The lowest BCUT2D eigenvalue weighted by Gasteiger charge is -2.10. The molecule has 0 fully saturated rings. The second-order valence-corrected chi connectivity index (χ2v) is 5.74. The summed E-state index contributed by atoms with van der Waals surface area (Å²) in [5.74, 6) is 0. The molecule has 0 N–H and O–H groups in total. The highest BCUT2D eigenvalue weighted by atomic mass is 14.9. The first-order valence-corrected chi connectivity index (χ1v) is 7.84. The fourth-order valence-electron chi connectivity index (χ4n) is 2.99. The van der Waals surface area contributed by atoms with E-state index in [9.17, 15) is 0 Å². The van der Waals surface area contributed by atoms with Crippen LogP contribution in [0.15, 0.2) is 66.9 Å². The second kappa shape index (κ2) is 6.15. The Labute approximate surface area is 132 Å². The number of nitrogens with zero attached hydrogens (tertiary/aromatic N) is 1. The van der Waals surface area contributed by atoms with Gasteiger partial charge in [0.15, 0.2) is 6.20 Å². The van der Waals surface area contributed by atoms with Crippen LogP contribution in [-0.2, 0) is 13.5 Å². The first kappa shape index (κ1) is 14.5. The number of pyridine rings is 1. The molecule has 0 unspecified atom stereocenters. The summed E-state index contributed by atoms with van der Waals surface area (Å²) in [7, 11) is 2.13.